The third-order valence-electron chi connectivity index (χ3n) is 1.65. The lowest BCUT2D eigenvalue weighted by molar-refractivity contribution is -0.0366. The van der Waals surface area contributed by atoms with Crippen LogP contribution in [0.3, 0.4) is 0 Å². The van der Waals surface area contributed by atoms with Gasteiger partial charge < -0.3 is 25.4 Å². The topological polar surface area (TPSA) is 111 Å². The SMILES string of the molecule is CCOC(=O)NC(CCl)NC(O)C(O)CO. The fourth-order valence-electron chi connectivity index (χ4n) is 0.857. The van der Waals surface area contributed by atoms with Crippen molar-refractivity contribution >= 4 is 17.7 Å². The minimum atomic E-state index is -1.39. The highest BCUT2D eigenvalue weighted by molar-refractivity contribution is 6.18. The molecular formula is C8H17ClN2O5. The third kappa shape index (κ3) is 6.09. The van der Waals surface area contributed by atoms with Crippen LogP contribution >= 0.6 is 11.6 Å². The summed E-state index contributed by atoms with van der Waals surface area (Å²) in [6, 6.07) is 0. The summed E-state index contributed by atoms with van der Waals surface area (Å²) < 4.78 is 4.60. The molecule has 0 aromatic rings. The molecule has 0 aromatic heterocycles. The molecular weight excluding hydrogens is 240 g/mol. The van der Waals surface area contributed by atoms with E-state index in [4.69, 9.17) is 21.8 Å². The van der Waals surface area contributed by atoms with E-state index in [1.165, 1.54) is 0 Å². The van der Waals surface area contributed by atoms with Crippen molar-refractivity contribution < 1.29 is 24.9 Å². The van der Waals surface area contributed by atoms with Gasteiger partial charge in [-0.3, -0.25) is 5.32 Å². The van der Waals surface area contributed by atoms with Crippen LogP contribution in [0, 0.1) is 0 Å². The van der Waals surface area contributed by atoms with Crippen molar-refractivity contribution in [2.75, 3.05) is 19.1 Å². The van der Waals surface area contributed by atoms with Crippen LogP contribution in [0.25, 0.3) is 0 Å². The first-order valence-corrected chi connectivity index (χ1v) is 5.30. The van der Waals surface area contributed by atoms with Crippen LogP contribution in [-0.4, -0.2) is 59.0 Å². The average molecular weight is 257 g/mol. The summed E-state index contributed by atoms with van der Waals surface area (Å²) in [5.41, 5.74) is 0. The molecule has 0 aliphatic rings. The molecule has 0 radical (unpaired) electrons. The van der Waals surface area contributed by atoms with Crippen molar-refractivity contribution in [1.29, 1.82) is 0 Å². The van der Waals surface area contributed by atoms with Gasteiger partial charge in [0, 0.05) is 0 Å². The average Bonchev–Trinajstić information content (AvgIpc) is 2.27. The molecule has 0 aromatic carbocycles. The highest BCUT2D eigenvalue weighted by Crippen LogP contribution is 1.93. The van der Waals surface area contributed by atoms with E-state index < -0.39 is 31.2 Å². The molecule has 0 bridgehead atoms. The Morgan fingerprint density at radius 3 is 2.56 bits per heavy atom. The van der Waals surface area contributed by atoms with Crippen LogP contribution in [-0.2, 0) is 4.74 Å². The van der Waals surface area contributed by atoms with Gasteiger partial charge in [-0.25, -0.2) is 4.79 Å². The van der Waals surface area contributed by atoms with Crippen molar-refractivity contribution in [2.45, 2.75) is 25.4 Å². The number of carbonyl (C=O) groups is 1. The summed E-state index contributed by atoms with van der Waals surface area (Å²) in [5.74, 6) is -0.0337. The second kappa shape index (κ2) is 8.54. The number of hydrogen-bond acceptors (Lipinski definition) is 6. The zero-order chi connectivity index (χ0) is 12.6. The molecule has 0 fully saturated rings. The lowest BCUT2D eigenvalue weighted by Crippen LogP contribution is -2.54. The Hall–Kier alpha value is -0.600. The van der Waals surface area contributed by atoms with E-state index in [2.05, 4.69) is 15.4 Å². The largest absolute Gasteiger partial charge is 0.450 e. The van der Waals surface area contributed by atoms with Gasteiger partial charge in [0.05, 0.1) is 25.3 Å². The van der Waals surface area contributed by atoms with E-state index >= 15 is 0 Å². The van der Waals surface area contributed by atoms with Gasteiger partial charge in [-0.2, -0.15) is 0 Å². The van der Waals surface area contributed by atoms with E-state index in [0.29, 0.717) is 0 Å². The minimum Gasteiger partial charge on any atom is -0.450 e. The second-order valence-corrected chi connectivity index (χ2v) is 3.24. The van der Waals surface area contributed by atoms with Gasteiger partial charge in [0.25, 0.3) is 0 Å². The summed E-state index contributed by atoms with van der Waals surface area (Å²) in [6.45, 7) is 1.25. The number of hydrogen-bond donors (Lipinski definition) is 5. The smallest absolute Gasteiger partial charge is 0.408 e. The Morgan fingerprint density at radius 1 is 1.50 bits per heavy atom. The zero-order valence-electron chi connectivity index (χ0n) is 8.89. The number of nitrogens with one attached hydrogen (secondary N) is 2. The number of alkyl carbamates (subject to hydrolysis) is 1. The first kappa shape index (κ1) is 15.4. The molecule has 0 saturated carbocycles. The number of aliphatic hydroxyl groups excluding tert-OH is 3. The van der Waals surface area contributed by atoms with Crippen molar-refractivity contribution in [1.82, 2.24) is 10.6 Å². The van der Waals surface area contributed by atoms with Gasteiger partial charge in [0.1, 0.15) is 12.3 Å². The quantitative estimate of drug-likeness (QED) is 0.282. The lowest BCUT2D eigenvalue weighted by Gasteiger charge is -2.23. The molecule has 0 heterocycles. The highest BCUT2D eigenvalue weighted by atomic mass is 35.5. The van der Waals surface area contributed by atoms with Crippen LogP contribution in [0.4, 0.5) is 4.79 Å². The second-order valence-electron chi connectivity index (χ2n) is 2.93. The van der Waals surface area contributed by atoms with Gasteiger partial charge in [0.2, 0.25) is 0 Å². The Balaban J connectivity index is 4.04. The summed E-state index contributed by atoms with van der Waals surface area (Å²) >= 11 is 5.52. The summed E-state index contributed by atoms with van der Waals surface area (Å²) in [7, 11) is 0. The predicted molar refractivity (Wildman–Crippen MR) is 56.9 cm³/mol. The Labute approximate surface area is 98.4 Å². The number of carbonyl (C=O) groups excluding carboxylic acids is 1. The van der Waals surface area contributed by atoms with Crippen LogP contribution in [0.5, 0.6) is 0 Å². The van der Waals surface area contributed by atoms with Crippen molar-refractivity contribution in [3.8, 4) is 0 Å². The molecule has 0 spiro atoms. The molecule has 16 heavy (non-hydrogen) atoms. The summed E-state index contributed by atoms with van der Waals surface area (Å²) in [5, 5.41) is 31.6. The first-order valence-electron chi connectivity index (χ1n) is 4.77. The van der Waals surface area contributed by atoms with Crippen LogP contribution in [0.15, 0.2) is 0 Å². The van der Waals surface area contributed by atoms with E-state index in [0.717, 1.165) is 0 Å². The van der Waals surface area contributed by atoms with Gasteiger partial charge >= 0.3 is 6.09 Å². The van der Waals surface area contributed by atoms with E-state index in [9.17, 15) is 9.90 Å². The predicted octanol–water partition coefficient (Wildman–Crippen LogP) is -1.44. The fourth-order valence-corrected chi connectivity index (χ4v) is 1.02. The van der Waals surface area contributed by atoms with Crippen LogP contribution < -0.4 is 10.6 Å². The molecule has 7 nitrogen and oxygen atoms in total. The van der Waals surface area contributed by atoms with Crippen molar-refractivity contribution in [2.24, 2.45) is 0 Å². The Kier molecular flexibility index (Phi) is 8.22. The van der Waals surface area contributed by atoms with Gasteiger partial charge in [-0.1, -0.05) is 0 Å². The number of aliphatic hydroxyl groups is 3. The molecule has 0 rings (SSSR count). The lowest BCUT2D eigenvalue weighted by atomic mass is 10.3. The molecule has 3 unspecified atom stereocenters. The number of alkyl halides is 1. The molecule has 0 aliphatic heterocycles. The first-order chi connectivity index (χ1) is 7.54. The maximum Gasteiger partial charge on any atom is 0.408 e. The highest BCUT2D eigenvalue weighted by Gasteiger charge is 2.20. The number of rotatable bonds is 7. The van der Waals surface area contributed by atoms with Crippen LogP contribution in [0.1, 0.15) is 6.92 Å². The number of ether oxygens (including phenoxy) is 1. The van der Waals surface area contributed by atoms with Gasteiger partial charge in [-0.05, 0) is 6.92 Å². The molecule has 3 atom stereocenters. The molecule has 1 amide bonds. The summed E-state index contributed by atoms with van der Waals surface area (Å²) in [4.78, 5) is 11.0. The van der Waals surface area contributed by atoms with E-state index in [1.807, 2.05) is 0 Å². The standard InChI is InChI=1S/C8H17ClN2O5/c1-2-16-8(15)11-6(3-9)10-7(14)5(13)4-12/h5-7,10,12-14H,2-4H2,1H3,(H,11,15). The third-order valence-corrected chi connectivity index (χ3v) is 1.95. The zero-order valence-corrected chi connectivity index (χ0v) is 9.65. The normalized spacial score (nSPS) is 16.3. The maximum absolute atomic E-state index is 11.0. The monoisotopic (exact) mass is 256 g/mol. The Morgan fingerprint density at radius 2 is 2.12 bits per heavy atom. The molecule has 0 saturated heterocycles. The van der Waals surface area contributed by atoms with E-state index in [1.54, 1.807) is 6.92 Å². The van der Waals surface area contributed by atoms with E-state index in [-0.39, 0.29) is 12.5 Å². The number of amides is 1. The summed E-state index contributed by atoms with van der Waals surface area (Å²) in [6.07, 6.45) is -4.20. The molecule has 8 heteroatoms. The van der Waals surface area contributed by atoms with Crippen LogP contribution in [0.2, 0.25) is 0 Å². The Bertz CT molecular complexity index is 207. The molecule has 5 N–H and O–H groups in total. The molecule has 96 valence electrons. The number of halogens is 1. The molecule has 0 aliphatic carbocycles. The minimum absolute atomic E-state index is 0.0337. The van der Waals surface area contributed by atoms with Gasteiger partial charge in [-0.15, -0.1) is 11.6 Å². The fraction of sp³-hybridized carbons (Fsp3) is 0.875. The van der Waals surface area contributed by atoms with Crippen molar-refractivity contribution in [3.05, 3.63) is 0 Å². The maximum atomic E-state index is 11.0. The van der Waals surface area contributed by atoms with Crippen molar-refractivity contribution in [3.63, 3.8) is 0 Å². The van der Waals surface area contributed by atoms with Gasteiger partial charge in [0.15, 0.2) is 0 Å².